The van der Waals surface area contributed by atoms with E-state index in [1.165, 1.54) is 0 Å². The minimum Gasteiger partial charge on any atom is -0.497 e. The molecule has 1 amide bonds. The maximum Gasteiger partial charge on any atom is 0.270 e. The minimum atomic E-state index is -0.311. The second-order valence-electron chi connectivity index (χ2n) is 5.70. The Kier molecular flexibility index (Phi) is 6.20. The number of aromatic nitrogens is 2. The molecule has 0 aliphatic rings. The molecule has 0 unspecified atom stereocenters. The topological polar surface area (TPSA) is 76.2 Å². The standard InChI is InChI=1S/C21H18ClN3O3/c1-27-15-9-10-20(28-2)16(12-15)18-13-19(25-24-18)21(26)23-11-5-7-14-6-3-4-8-17(14)22/h3-4,6,8-10,12-13H,11H2,1-2H3,(H,23,26)(H,24,25). The highest BCUT2D eigenvalue weighted by molar-refractivity contribution is 6.31. The van der Waals surface area contributed by atoms with Crippen molar-refractivity contribution in [1.29, 1.82) is 0 Å². The molecule has 1 aromatic heterocycles. The molecule has 0 bridgehead atoms. The summed E-state index contributed by atoms with van der Waals surface area (Å²) in [6.45, 7) is 0.181. The molecule has 0 saturated carbocycles. The van der Waals surface area contributed by atoms with Crippen molar-refractivity contribution in [1.82, 2.24) is 15.5 Å². The number of aromatic amines is 1. The van der Waals surface area contributed by atoms with Crippen molar-refractivity contribution in [2.24, 2.45) is 0 Å². The summed E-state index contributed by atoms with van der Waals surface area (Å²) in [5.74, 6) is 6.79. The number of hydrogen-bond donors (Lipinski definition) is 2. The van der Waals surface area contributed by atoms with E-state index in [9.17, 15) is 4.79 Å². The monoisotopic (exact) mass is 395 g/mol. The Balaban J connectivity index is 1.69. The fourth-order valence-corrected chi connectivity index (χ4v) is 2.69. The summed E-state index contributed by atoms with van der Waals surface area (Å²) in [4.78, 5) is 12.3. The van der Waals surface area contributed by atoms with Crippen LogP contribution in [0.2, 0.25) is 5.02 Å². The van der Waals surface area contributed by atoms with Crippen LogP contribution in [0, 0.1) is 11.8 Å². The van der Waals surface area contributed by atoms with Crippen LogP contribution in [0.1, 0.15) is 16.1 Å². The number of halogens is 1. The van der Waals surface area contributed by atoms with Gasteiger partial charge in [-0.25, -0.2) is 0 Å². The number of ether oxygens (including phenoxy) is 2. The zero-order valence-electron chi connectivity index (χ0n) is 15.4. The number of methoxy groups -OCH3 is 2. The fraction of sp³-hybridized carbons (Fsp3) is 0.143. The second-order valence-corrected chi connectivity index (χ2v) is 6.10. The molecule has 0 fully saturated rings. The SMILES string of the molecule is COc1ccc(OC)c(-c2cc(C(=O)NCC#Cc3ccccc3Cl)[nH]n2)c1. The van der Waals surface area contributed by atoms with Gasteiger partial charge < -0.3 is 14.8 Å². The molecule has 2 aromatic carbocycles. The van der Waals surface area contributed by atoms with Crippen LogP contribution < -0.4 is 14.8 Å². The third kappa shape index (κ3) is 4.45. The van der Waals surface area contributed by atoms with Gasteiger partial charge in [0.1, 0.15) is 17.2 Å². The lowest BCUT2D eigenvalue weighted by Crippen LogP contribution is -2.23. The van der Waals surface area contributed by atoms with Gasteiger partial charge in [0.15, 0.2) is 0 Å². The maximum absolute atomic E-state index is 12.3. The summed E-state index contributed by atoms with van der Waals surface area (Å²) in [5.41, 5.74) is 2.32. The maximum atomic E-state index is 12.3. The van der Waals surface area contributed by atoms with Crippen molar-refractivity contribution in [3.05, 3.63) is 64.8 Å². The number of nitrogens with zero attached hydrogens (tertiary/aromatic N) is 1. The van der Waals surface area contributed by atoms with E-state index in [1.54, 1.807) is 44.6 Å². The van der Waals surface area contributed by atoms with Crippen molar-refractivity contribution < 1.29 is 14.3 Å². The molecule has 142 valence electrons. The number of rotatable bonds is 5. The lowest BCUT2D eigenvalue weighted by atomic mass is 10.1. The van der Waals surface area contributed by atoms with E-state index in [0.29, 0.717) is 33.5 Å². The average molecular weight is 396 g/mol. The first-order valence-electron chi connectivity index (χ1n) is 8.41. The summed E-state index contributed by atoms with van der Waals surface area (Å²) >= 11 is 6.05. The van der Waals surface area contributed by atoms with Gasteiger partial charge in [-0.3, -0.25) is 9.89 Å². The molecule has 3 rings (SSSR count). The normalized spacial score (nSPS) is 9.96. The fourth-order valence-electron chi connectivity index (χ4n) is 2.51. The van der Waals surface area contributed by atoms with Gasteiger partial charge >= 0.3 is 0 Å². The van der Waals surface area contributed by atoms with Gasteiger partial charge in [-0.15, -0.1) is 0 Å². The molecule has 0 radical (unpaired) electrons. The smallest absolute Gasteiger partial charge is 0.270 e. The quantitative estimate of drug-likeness (QED) is 0.648. The molecule has 28 heavy (non-hydrogen) atoms. The minimum absolute atomic E-state index is 0.181. The van der Waals surface area contributed by atoms with E-state index >= 15 is 0 Å². The largest absolute Gasteiger partial charge is 0.497 e. The van der Waals surface area contributed by atoms with E-state index < -0.39 is 0 Å². The van der Waals surface area contributed by atoms with E-state index in [2.05, 4.69) is 27.4 Å². The summed E-state index contributed by atoms with van der Waals surface area (Å²) in [5, 5.41) is 10.2. The van der Waals surface area contributed by atoms with Gasteiger partial charge in [-0.2, -0.15) is 5.10 Å². The van der Waals surface area contributed by atoms with Crippen LogP contribution in [0.4, 0.5) is 0 Å². The van der Waals surface area contributed by atoms with Crippen molar-refractivity contribution in [2.45, 2.75) is 0 Å². The predicted molar refractivity (Wildman–Crippen MR) is 108 cm³/mol. The Morgan fingerprint density at radius 2 is 2.00 bits per heavy atom. The van der Waals surface area contributed by atoms with Gasteiger partial charge in [0.05, 0.1) is 31.5 Å². The molecule has 2 N–H and O–H groups in total. The van der Waals surface area contributed by atoms with Crippen molar-refractivity contribution in [2.75, 3.05) is 20.8 Å². The third-order valence-corrected chi connectivity index (χ3v) is 4.27. The van der Waals surface area contributed by atoms with Gasteiger partial charge in [0, 0.05) is 11.1 Å². The number of hydrogen-bond acceptors (Lipinski definition) is 4. The first-order chi connectivity index (χ1) is 13.6. The van der Waals surface area contributed by atoms with Crippen LogP contribution in [0.15, 0.2) is 48.5 Å². The number of carbonyl (C=O) groups excluding carboxylic acids is 1. The lowest BCUT2D eigenvalue weighted by molar-refractivity contribution is 0.0953. The molecule has 0 aliphatic carbocycles. The van der Waals surface area contributed by atoms with E-state index in [-0.39, 0.29) is 12.5 Å². The first kappa shape index (κ1) is 19.3. The molecule has 0 spiro atoms. The van der Waals surface area contributed by atoms with Gasteiger partial charge in [-0.1, -0.05) is 35.6 Å². The second kappa shape index (κ2) is 8.98. The Labute approximate surface area is 167 Å². The van der Waals surface area contributed by atoms with Crippen LogP contribution in [0.5, 0.6) is 11.5 Å². The number of amides is 1. The van der Waals surface area contributed by atoms with Gasteiger partial charge in [-0.05, 0) is 36.4 Å². The Hall–Kier alpha value is -3.43. The molecule has 7 heteroatoms. The summed E-state index contributed by atoms with van der Waals surface area (Å²) in [6, 6.07) is 14.3. The predicted octanol–water partition coefficient (Wildman–Crippen LogP) is 3.53. The van der Waals surface area contributed by atoms with Crippen molar-refractivity contribution in [3.63, 3.8) is 0 Å². The van der Waals surface area contributed by atoms with Crippen LogP contribution in [0.3, 0.4) is 0 Å². The molecule has 1 heterocycles. The molecular weight excluding hydrogens is 378 g/mol. The van der Waals surface area contributed by atoms with E-state index in [4.69, 9.17) is 21.1 Å². The molecule has 0 saturated heterocycles. The van der Waals surface area contributed by atoms with Crippen LogP contribution >= 0.6 is 11.6 Å². The summed E-state index contributed by atoms with van der Waals surface area (Å²) in [6.07, 6.45) is 0. The zero-order valence-corrected chi connectivity index (χ0v) is 16.1. The number of H-pyrrole nitrogens is 1. The molecule has 0 aliphatic heterocycles. The molecule has 3 aromatic rings. The lowest BCUT2D eigenvalue weighted by Gasteiger charge is -2.08. The molecular formula is C21H18ClN3O3. The third-order valence-electron chi connectivity index (χ3n) is 3.94. The number of carbonyl (C=O) groups is 1. The van der Waals surface area contributed by atoms with Crippen LogP contribution in [0.25, 0.3) is 11.3 Å². The highest BCUT2D eigenvalue weighted by atomic mass is 35.5. The summed E-state index contributed by atoms with van der Waals surface area (Å²) < 4.78 is 10.6. The highest BCUT2D eigenvalue weighted by Crippen LogP contribution is 2.32. The Morgan fingerprint density at radius 3 is 2.75 bits per heavy atom. The van der Waals surface area contributed by atoms with Crippen LogP contribution in [-0.4, -0.2) is 36.9 Å². The van der Waals surface area contributed by atoms with Gasteiger partial charge in [0.2, 0.25) is 0 Å². The number of benzene rings is 2. The first-order valence-corrected chi connectivity index (χ1v) is 8.79. The molecule has 6 nitrogen and oxygen atoms in total. The molecule has 0 atom stereocenters. The Morgan fingerprint density at radius 1 is 1.18 bits per heavy atom. The highest BCUT2D eigenvalue weighted by Gasteiger charge is 2.14. The Bertz CT molecular complexity index is 1050. The van der Waals surface area contributed by atoms with E-state index in [0.717, 1.165) is 5.56 Å². The van der Waals surface area contributed by atoms with Crippen molar-refractivity contribution >= 4 is 17.5 Å². The van der Waals surface area contributed by atoms with Crippen LogP contribution in [-0.2, 0) is 0 Å². The van der Waals surface area contributed by atoms with E-state index in [1.807, 2.05) is 18.2 Å². The summed E-state index contributed by atoms with van der Waals surface area (Å²) in [7, 11) is 3.15. The average Bonchev–Trinajstić information content (AvgIpc) is 3.22. The zero-order chi connectivity index (χ0) is 19.9. The van der Waals surface area contributed by atoms with Gasteiger partial charge in [0.25, 0.3) is 5.91 Å². The number of nitrogens with one attached hydrogen (secondary N) is 2. The van der Waals surface area contributed by atoms with Crippen molar-refractivity contribution in [3.8, 4) is 34.6 Å².